The number of ether oxygens (including phenoxy) is 2. The molecule has 0 aliphatic heterocycles. The third-order valence-electron chi connectivity index (χ3n) is 5.02. The first kappa shape index (κ1) is 22.9. The van der Waals surface area contributed by atoms with Gasteiger partial charge in [0.1, 0.15) is 5.69 Å². The quantitative estimate of drug-likeness (QED) is 0.316. The van der Waals surface area contributed by atoms with Gasteiger partial charge >= 0.3 is 0 Å². The van der Waals surface area contributed by atoms with Crippen LogP contribution in [0.15, 0.2) is 78.3 Å². The van der Waals surface area contributed by atoms with Gasteiger partial charge in [0.25, 0.3) is 5.91 Å². The largest absolute Gasteiger partial charge is 0.379 e. The van der Waals surface area contributed by atoms with Crippen LogP contribution in [-0.2, 0) is 22.6 Å². The highest BCUT2D eigenvalue weighted by Gasteiger charge is 2.19. The lowest BCUT2D eigenvalue weighted by atomic mass is 10.1. The van der Waals surface area contributed by atoms with Gasteiger partial charge in [0.05, 0.1) is 35.9 Å². The molecule has 0 aliphatic rings. The lowest BCUT2D eigenvalue weighted by molar-refractivity contribution is 0.0453. The van der Waals surface area contributed by atoms with Crippen molar-refractivity contribution in [1.82, 2.24) is 15.1 Å². The number of carbonyl (C=O) groups is 1. The Morgan fingerprint density at radius 3 is 2.61 bits per heavy atom. The molecule has 1 N–H and O–H groups in total. The molecule has 0 saturated carbocycles. The van der Waals surface area contributed by atoms with Gasteiger partial charge in [-0.3, -0.25) is 4.79 Å². The summed E-state index contributed by atoms with van der Waals surface area (Å²) < 4.78 is 12.7. The molecular weight excluding hydrogens is 434 g/mol. The highest BCUT2D eigenvalue weighted by molar-refractivity contribution is 7.13. The number of thiophene rings is 1. The first-order valence-corrected chi connectivity index (χ1v) is 11.8. The predicted molar refractivity (Wildman–Crippen MR) is 131 cm³/mol. The number of hydrogen-bond donors (Lipinski definition) is 1. The lowest BCUT2D eigenvalue weighted by Gasteiger charge is -2.08. The van der Waals surface area contributed by atoms with Crippen LogP contribution in [0.5, 0.6) is 0 Å². The van der Waals surface area contributed by atoms with Gasteiger partial charge in [0.15, 0.2) is 0 Å². The van der Waals surface area contributed by atoms with E-state index in [0.29, 0.717) is 44.2 Å². The Morgan fingerprint density at radius 1 is 1.00 bits per heavy atom. The summed E-state index contributed by atoms with van der Waals surface area (Å²) in [6.07, 6.45) is 1.79. The van der Waals surface area contributed by atoms with E-state index in [4.69, 9.17) is 14.6 Å². The van der Waals surface area contributed by atoms with Crippen LogP contribution in [0.25, 0.3) is 16.3 Å². The van der Waals surface area contributed by atoms with Crippen LogP contribution < -0.4 is 5.32 Å². The summed E-state index contributed by atoms with van der Waals surface area (Å²) in [5, 5.41) is 9.74. The Hall–Kier alpha value is -3.26. The third kappa shape index (κ3) is 6.16. The van der Waals surface area contributed by atoms with E-state index >= 15 is 0 Å². The fourth-order valence-electron chi connectivity index (χ4n) is 3.41. The summed E-state index contributed by atoms with van der Waals surface area (Å²) in [5.74, 6) is -0.154. The summed E-state index contributed by atoms with van der Waals surface area (Å²) in [6, 6.07) is 21.8. The van der Waals surface area contributed by atoms with E-state index in [0.717, 1.165) is 21.7 Å². The van der Waals surface area contributed by atoms with Gasteiger partial charge in [0, 0.05) is 19.3 Å². The van der Waals surface area contributed by atoms with Gasteiger partial charge in [-0.1, -0.05) is 48.5 Å². The number of aromatic nitrogens is 2. The molecule has 0 aliphatic carbocycles. The van der Waals surface area contributed by atoms with Crippen molar-refractivity contribution in [3.8, 4) is 16.3 Å². The minimum atomic E-state index is -0.154. The van der Waals surface area contributed by atoms with E-state index < -0.39 is 0 Å². The minimum Gasteiger partial charge on any atom is -0.379 e. The Morgan fingerprint density at radius 2 is 1.82 bits per heavy atom. The fraction of sp³-hybridized carbons (Fsp3) is 0.231. The van der Waals surface area contributed by atoms with E-state index in [1.807, 2.05) is 73.0 Å². The first-order chi connectivity index (χ1) is 16.2. The van der Waals surface area contributed by atoms with Crippen molar-refractivity contribution >= 4 is 17.2 Å². The Bertz CT molecular complexity index is 1160. The molecule has 4 rings (SSSR count). The fourth-order valence-corrected chi connectivity index (χ4v) is 4.13. The molecule has 0 spiro atoms. The van der Waals surface area contributed by atoms with E-state index in [1.54, 1.807) is 22.2 Å². The van der Waals surface area contributed by atoms with Crippen molar-refractivity contribution in [2.45, 2.75) is 20.1 Å². The molecule has 33 heavy (non-hydrogen) atoms. The molecule has 0 saturated heterocycles. The van der Waals surface area contributed by atoms with Gasteiger partial charge in [-0.15, -0.1) is 11.3 Å². The highest BCUT2D eigenvalue weighted by Crippen LogP contribution is 2.27. The molecule has 2 heterocycles. The highest BCUT2D eigenvalue weighted by atomic mass is 32.1. The van der Waals surface area contributed by atoms with Crippen LogP contribution >= 0.6 is 11.3 Å². The standard InChI is InChI=1S/C26H27N3O3S/c1-2-31-13-14-32-19-21-9-6-8-20(16-21)17-27-26(30)23-18-29(22-10-4-3-5-11-22)28-25(23)24-12-7-15-33-24/h3-12,15-16,18H,2,13-14,17,19H2,1H3,(H,27,30). The number of amides is 1. The van der Waals surface area contributed by atoms with Gasteiger partial charge in [-0.2, -0.15) is 5.10 Å². The molecule has 7 heteroatoms. The Labute approximate surface area is 197 Å². The lowest BCUT2D eigenvalue weighted by Crippen LogP contribution is -2.23. The van der Waals surface area contributed by atoms with Crippen molar-refractivity contribution in [3.63, 3.8) is 0 Å². The number of carbonyl (C=O) groups excluding carboxylic acids is 1. The molecule has 0 bridgehead atoms. The SMILES string of the molecule is CCOCCOCc1cccc(CNC(=O)c2cn(-c3ccccc3)nc2-c2cccs2)c1. The molecule has 2 aromatic heterocycles. The van der Waals surface area contributed by atoms with Crippen molar-refractivity contribution in [3.05, 3.63) is 95.0 Å². The smallest absolute Gasteiger partial charge is 0.255 e. The maximum Gasteiger partial charge on any atom is 0.255 e. The molecule has 170 valence electrons. The van der Waals surface area contributed by atoms with Crippen molar-refractivity contribution < 1.29 is 14.3 Å². The Kier molecular flexibility index (Phi) is 8.03. The van der Waals surface area contributed by atoms with Crippen LogP contribution in [0.4, 0.5) is 0 Å². The molecule has 0 unspecified atom stereocenters. The van der Waals surface area contributed by atoms with Crippen LogP contribution in [0.2, 0.25) is 0 Å². The molecule has 4 aromatic rings. The number of nitrogens with one attached hydrogen (secondary N) is 1. The molecule has 2 aromatic carbocycles. The van der Waals surface area contributed by atoms with E-state index in [9.17, 15) is 4.79 Å². The molecule has 6 nitrogen and oxygen atoms in total. The predicted octanol–water partition coefficient (Wildman–Crippen LogP) is 5.08. The second-order valence-corrected chi connectivity index (χ2v) is 8.35. The van der Waals surface area contributed by atoms with Crippen LogP contribution in [0.1, 0.15) is 28.4 Å². The van der Waals surface area contributed by atoms with Gasteiger partial charge in [-0.25, -0.2) is 4.68 Å². The maximum absolute atomic E-state index is 13.1. The summed E-state index contributed by atoms with van der Waals surface area (Å²) in [5.41, 5.74) is 4.22. The Balaban J connectivity index is 1.44. The monoisotopic (exact) mass is 461 g/mol. The van der Waals surface area contributed by atoms with Gasteiger partial charge < -0.3 is 14.8 Å². The topological polar surface area (TPSA) is 65.4 Å². The third-order valence-corrected chi connectivity index (χ3v) is 5.90. The van der Waals surface area contributed by atoms with E-state index in [-0.39, 0.29) is 5.91 Å². The van der Waals surface area contributed by atoms with Crippen molar-refractivity contribution in [2.24, 2.45) is 0 Å². The zero-order chi connectivity index (χ0) is 22.9. The van der Waals surface area contributed by atoms with E-state index in [1.165, 1.54) is 0 Å². The average molecular weight is 462 g/mol. The van der Waals surface area contributed by atoms with E-state index in [2.05, 4.69) is 11.4 Å². The molecule has 0 atom stereocenters. The van der Waals surface area contributed by atoms with Crippen molar-refractivity contribution in [2.75, 3.05) is 19.8 Å². The summed E-state index contributed by atoms with van der Waals surface area (Å²) in [6.45, 7) is 4.75. The number of nitrogens with zero attached hydrogens (tertiary/aromatic N) is 2. The second kappa shape index (κ2) is 11.6. The second-order valence-electron chi connectivity index (χ2n) is 7.40. The summed E-state index contributed by atoms with van der Waals surface area (Å²) in [4.78, 5) is 14.1. The number of benzene rings is 2. The molecule has 0 radical (unpaired) electrons. The van der Waals surface area contributed by atoms with Crippen molar-refractivity contribution in [1.29, 1.82) is 0 Å². The number of hydrogen-bond acceptors (Lipinski definition) is 5. The van der Waals surface area contributed by atoms with Crippen LogP contribution in [-0.4, -0.2) is 35.5 Å². The number of rotatable bonds is 11. The van der Waals surface area contributed by atoms with Gasteiger partial charge in [0.2, 0.25) is 0 Å². The summed E-state index contributed by atoms with van der Waals surface area (Å²) in [7, 11) is 0. The zero-order valence-electron chi connectivity index (χ0n) is 18.6. The average Bonchev–Trinajstić information content (AvgIpc) is 3.53. The summed E-state index contributed by atoms with van der Waals surface area (Å²) >= 11 is 1.57. The molecular formula is C26H27N3O3S. The normalized spacial score (nSPS) is 10.9. The van der Waals surface area contributed by atoms with Gasteiger partial charge in [-0.05, 0) is 41.6 Å². The van der Waals surface area contributed by atoms with Crippen LogP contribution in [0, 0.1) is 0 Å². The number of para-hydroxylation sites is 1. The molecule has 0 fully saturated rings. The first-order valence-electron chi connectivity index (χ1n) is 10.9. The zero-order valence-corrected chi connectivity index (χ0v) is 19.4. The molecule has 1 amide bonds. The van der Waals surface area contributed by atoms with Crippen LogP contribution in [0.3, 0.4) is 0 Å². The minimum absolute atomic E-state index is 0.154. The maximum atomic E-state index is 13.1.